The van der Waals surface area contributed by atoms with Crippen molar-refractivity contribution in [2.24, 2.45) is 0 Å². The monoisotopic (exact) mass is 282 g/mol. The van der Waals surface area contributed by atoms with Gasteiger partial charge in [-0.15, -0.1) is 0 Å². The number of hydrogen-bond donors (Lipinski definition) is 1. The second-order valence-corrected chi connectivity index (χ2v) is 1.24. The molecule has 2 amide bonds. The summed E-state index contributed by atoms with van der Waals surface area (Å²) in [4.78, 5) is 19.8. The molecule has 45 valence electrons. The largest absolute Gasteiger partial charge is 0.297 e. The molecule has 0 atom stereocenters. The van der Waals surface area contributed by atoms with Crippen LogP contribution in [0.15, 0.2) is 0 Å². The van der Waals surface area contributed by atoms with Gasteiger partial charge in [-0.25, -0.2) is 0 Å². The standard InChI is InChI=1S/C4H7NO2.Ta/c1-3(6)5-4(2)7;/h1-2H3,(H,5,6,7);. The van der Waals surface area contributed by atoms with E-state index in [4.69, 9.17) is 0 Å². The van der Waals surface area contributed by atoms with Crippen LogP contribution in [0.3, 0.4) is 0 Å². The molecule has 0 aromatic carbocycles. The fourth-order valence-corrected chi connectivity index (χ4v) is 0.248. The molecule has 0 unspecified atom stereocenters. The third-order valence-electron chi connectivity index (χ3n) is 0.352. The molecule has 0 aliphatic carbocycles. The van der Waals surface area contributed by atoms with Crippen molar-refractivity contribution >= 4 is 11.8 Å². The molecule has 4 heteroatoms. The Morgan fingerprint density at radius 1 is 1.12 bits per heavy atom. The average molecular weight is 282 g/mol. The maximum atomic E-state index is 9.92. The second-order valence-electron chi connectivity index (χ2n) is 1.24. The van der Waals surface area contributed by atoms with Gasteiger partial charge in [-0.2, -0.15) is 0 Å². The summed E-state index contributed by atoms with van der Waals surface area (Å²) in [6.45, 7) is 2.59. The average Bonchev–Trinajstić information content (AvgIpc) is 1.27. The Labute approximate surface area is 63.3 Å². The minimum absolute atomic E-state index is 0. The molecule has 1 radical (unpaired) electrons. The Kier molecular flexibility index (Phi) is 6.78. The first-order chi connectivity index (χ1) is 3.13. The van der Waals surface area contributed by atoms with E-state index in [1.54, 1.807) is 0 Å². The predicted molar refractivity (Wildman–Crippen MR) is 24.5 cm³/mol. The zero-order valence-corrected chi connectivity index (χ0v) is 7.98. The van der Waals surface area contributed by atoms with Crippen molar-refractivity contribution in [2.75, 3.05) is 0 Å². The Bertz CT molecular complexity index is 90.2. The third kappa shape index (κ3) is 9.30. The summed E-state index contributed by atoms with van der Waals surface area (Å²) in [5, 5.41) is 2.03. The van der Waals surface area contributed by atoms with E-state index in [1.165, 1.54) is 13.8 Å². The van der Waals surface area contributed by atoms with Gasteiger partial charge in [0, 0.05) is 36.2 Å². The number of hydrogen-bond acceptors (Lipinski definition) is 2. The fraction of sp³-hybridized carbons (Fsp3) is 0.500. The number of imide groups is 1. The van der Waals surface area contributed by atoms with Crippen molar-refractivity contribution in [2.45, 2.75) is 13.8 Å². The summed E-state index contributed by atoms with van der Waals surface area (Å²) in [6.07, 6.45) is 0. The van der Waals surface area contributed by atoms with E-state index in [0.29, 0.717) is 0 Å². The van der Waals surface area contributed by atoms with E-state index in [-0.39, 0.29) is 34.2 Å². The first kappa shape index (κ1) is 10.8. The summed E-state index contributed by atoms with van der Waals surface area (Å²) in [5.74, 6) is -0.625. The molecule has 1 N–H and O–H groups in total. The summed E-state index contributed by atoms with van der Waals surface area (Å²) in [7, 11) is 0. The van der Waals surface area contributed by atoms with Crippen molar-refractivity contribution in [1.29, 1.82) is 0 Å². The number of amides is 2. The summed E-state index contributed by atoms with van der Waals surface area (Å²) in [6, 6.07) is 0. The van der Waals surface area contributed by atoms with Gasteiger partial charge in [0.2, 0.25) is 11.8 Å². The van der Waals surface area contributed by atoms with Gasteiger partial charge in [-0.3, -0.25) is 14.9 Å². The first-order valence-corrected chi connectivity index (χ1v) is 1.91. The maximum Gasteiger partial charge on any atom is 0.223 e. The number of nitrogens with one attached hydrogen (secondary N) is 1. The smallest absolute Gasteiger partial charge is 0.223 e. The molecule has 0 rings (SSSR count). The number of rotatable bonds is 0. The van der Waals surface area contributed by atoms with Gasteiger partial charge in [-0.1, -0.05) is 0 Å². The third-order valence-corrected chi connectivity index (χ3v) is 0.352. The van der Waals surface area contributed by atoms with Gasteiger partial charge >= 0.3 is 0 Å². The van der Waals surface area contributed by atoms with E-state index in [2.05, 4.69) is 0 Å². The zero-order chi connectivity index (χ0) is 5.86. The van der Waals surface area contributed by atoms with Crippen LogP contribution >= 0.6 is 0 Å². The van der Waals surface area contributed by atoms with Gasteiger partial charge in [0.25, 0.3) is 0 Å². The van der Waals surface area contributed by atoms with Crippen molar-refractivity contribution in [3.63, 3.8) is 0 Å². The minimum Gasteiger partial charge on any atom is -0.297 e. The minimum atomic E-state index is -0.312. The van der Waals surface area contributed by atoms with Crippen molar-refractivity contribution in [3.05, 3.63) is 0 Å². The molecule has 0 bridgehead atoms. The van der Waals surface area contributed by atoms with E-state index in [1.807, 2.05) is 5.32 Å². The molecule has 0 saturated carbocycles. The number of carbonyl (C=O) groups is 2. The zero-order valence-electron chi connectivity index (χ0n) is 4.76. The molecule has 0 heterocycles. The fourth-order valence-electron chi connectivity index (χ4n) is 0.248. The van der Waals surface area contributed by atoms with Crippen LogP contribution in [-0.4, -0.2) is 11.8 Å². The topological polar surface area (TPSA) is 46.2 Å². The van der Waals surface area contributed by atoms with Crippen LogP contribution in [0.2, 0.25) is 0 Å². The van der Waals surface area contributed by atoms with Crippen LogP contribution in [0.4, 0.5) is 0 Å². The molecule has 0 aromatic rings. The van der Waals surface area contributed by atoms with Crippen LogP contribution in [0.5, 0.6) is 0 Å². The van der Waals surface area contributed by atoms with Crippen LogP contribution in [0.1, 0.15) is 13.8 Å². The predicted octanol–water partition coefficient (Wildman–Crippen LogP) is -0.333. The van der Waals surface area contributed by atoms with E-state index >= 15 is 0 Å². The molecule has 3 nitrogen and oxygen atoms in total. The maximum absolute atomic E-state index is 9.92. The first-order valence-electron chi connectivity index (χ1n) is 1.91. The Morgan fingerprint density at radius 2 is 1.38 bits per heavy atom. The Balaban J connectivity index is 0. The Morgan fingerprint density at radius 3 is 1.38 bits per heavy atom. The molecule has 0 spiro atoms. The van der Waals surface area contributed by atoms with Gasteiger partial charge in [0.1, 0.15) is 0 Å². The molecule has 0 aliphatic heterocycles. The molecule has 0 saturated heterocycles. The van der Waals surface area contributed by atoms with Gasteiger partial charge < -0.3 is 0 Å². The molecular weight excluding hydrogens is 275 g/mol. The molecular formula is C4H7NO2Ta. The summed E-state index contributed by atoms with van der Waals surface area (Å²) >= 11 is 0. The summed E-state index contributed by atoms with van der Waals surface area (Å²) < 4.78 is 0. The van der Waals surface area contributed by atoms with E-state index < -0.39 is 0 Å². The molecule has 8 heavy (non-hydrogen) atoms. The molecule has 0 aliphatic rings. The van der Waals surface area contributed by atoms with Crippen molar-refractivity contribution in [3.8, 4) is 0 Å². The normalized spacial score (nSPS) is 6.75. The SMILES string of the molecule is CC(=O)NC(C)=O.[Ta]. The van der Waals surface area contributed by atoms with Crippen molar-refractivity contribution < 1.29 is 32.0 Å². The Hall–Kier alpha value is -0.120. The quantitative estimate of drug-likeness (QED) is 0.661. The molecule has 0 aromatic heterocycles. The van der Waals surface area contributed by atoms with Gasteiger partial charge in [0.05, 0.1) is 0 Å². The van der Waals surface area contributed by atoms with Crippen LogP contribution < -0.4 is 5.32 Å². The molecule has 0 fully saturated rings. The van der Waals surface area contributed by atoms with Crippen LogP contribution in [-0.2, 0) is 32.0 Å². The van der Waals surface area contributed by atoms with Gasteiger partial charge in [0.15, 0.2) is 0 Å². The van der Waals surface area contributed by atoms with E-state index in [0.717, 1.165) is 0 Å². The summed E-state index contributed by atoms with van der Waals surface area (Å²) in [5.41, 5.74) is 0. The van der Waals surface area contributed by atoms with Gasteiger partial charge in [-0.05, 0) is 0 Å². The van der Waals surface area contributed by atoms with Crippen molar-refractivity contribution in [1.82, 2.24) is 5.32 Å². The van der Waals surface area contributed by atoms with E-state index in [9.17, 15) is 9.59 Å². The van der Waals surface area contributed by atoms with Crippen LogP contribution in [0, 0.1) is 0 Å². The van der Waals surface area contributed by atoms with Crippen LogP contribution in [0.25, 0.3) is 0 Å². The second kappa shape index (κ2) is 5.03. The number of carbonyl (C=O) groups excluding carboxylic acids is 2.